The van der Waals surface area contributed by atoms with Gasteiger partial charge in [0, 0.05) is 0 Å². The monoisotopic (exact) mass is 222 g/mol. The zero-order valence-corrected chi connectivity index (χ0v) is 8.51. The third-order valence-corrected chi connectivity index (χ3v) is 2.03. The van der Waals surface area contributed by atoms with Crippen molar-refractivity contribution >= 4 is 12.0 Å². The van der Waals surface area contributed by atoms with E-state index in [1.807, 2.05) is 6.92 Å². The van der Waals surface area contributed by atoms with Gasteiger partial charge in [0.15, 0.2) is 5.69 Å². The Balaban J connectivity index is 2.06. The van der Waals surface area contributed by atoms with Gasteiger partial charge in [0.25, 0.3) is 6.01 Å². The quantitative estimate of drug-likeness (QED) is 0.823. The molecule has 0 aliphatic rings. The smallest absolute Gasteiger partial charge is 0.357 e. The minimum absolute atomic E-state index is 0.130. The number of furan rings is 1. The molecule has 2 aromatic rings. The van der Waals surface area contributed by atoms with E-state index in [4.69, 9.17) is 13.9 Å². The summed E-state index contributed by atoms with van der Waals surface area (Å²) in [7, 11) is 0. The van der Waals surface area contributed by atoms with Gasteiger partial charge in [0.05, 0.1) is 12.3 Å². The molecule has 2 N–H and O–H groups in total. The largest absolute Gasteiger partial charge is 0.476 e. The maximum atomic E-state index is 10.6. The molecule has 0 aromatic carbocycles. The second-order valence-corrected chi connectivity index (χ2v) is 3.22. The van der Waals surface area contributed by atoms with Crippen LogP contribution in [0.15, 0.2) is 33.5 Å². The number of carbonyl (C=O) groups is 1. The van der Waals surface area contributed by atoms with E-state index in [1.165, 1.54) is 0 Å². The van der Waals surface area contributed by atoms with Crippen LogP contribution in [-0.4, -0.2) is 16.1 Å². The number of aromatic carboxylic acids is 1. The summed E-state index contributed by atoms with van der Waals surface area (Å²) in [5, 5.41) is 11.5. The fraction of sp³-hybridized carbons (Fsp3) is 0.200. The minimum atomic E-state index is -1.12. The van der Waals surface area contributed by atoms with Gasteiger partial charge >= 0.3 is 5.97 Å². The molecule has 0 saturated heterocycles. The molecule has 0 aliphatic carbocycles. The Morgan fingerprint density at radius 3 is 2.94 bits per heavy atom. The maximum Gasteiger partial charge on any atom is 0.357 e. The summed E-state index contributed by atoms with van der Waals surface area (Å²) in [5.41, 5.74) is -0.130. The molecule has 0 radical (unpaired) electrons. The Kier molecular flexibility index (Phi) is 2.63. The number of aromatic nitrogens is 1. The molecule has 0 aliphatic heterocycles. The summed E-state index contributed by atoms with van der Waals surface area (Å²) in [6, 6.07) is 3.58. The van der Waals surface area contributed by atoms with E-state index < -0.39 is 5.97 Å². The number of carboxylic acid groups (broad SMARTS) is 1. The summed E-state index contributed by atoms with van der Waals surface area (Å²) >= 11 is 0. The molecular weight excluding hydrogens is 212 g/mol. The molecule has 1 atom stereocenters. The standard InChI is InChI=1S/C10H10N2O4/c1-6(8-3-2-4-15-8)11-10-12-7(5-16-10)9(13)14/h2-6H,1H3,(H,11,12)(H,13,14). The fourth-order valence-electron chi connectivity index (χ4n) is 1.23. The average Bonchev–Trinajstić information content (AvgIpc) is 2.87. The Morgan fingerprint density at radius 1 is 1.56 bits per heavy atom. The van der Waals surface area contributed by atoms with Crippen molar-refractivity contribution in [1.29, 1.82) is 0 Å². The zero-order valence-electron chi connectivity index (χ0n) is 8.51. The molecule has 6 heteroatoms. The van der Waals surface area contributed by atoms with Gasteiger partial charge in [0.1, 0.15) is 12.0 Å². The van der Waals surface area contributed by atoms with Crippen LogP contribution in [0.3, 0.4) is 0 Å². The molecule has 84 valence electrons. The van der Waals surface area contributed by atoms with Crippen molar-refractivity contribution < 1.29 is 18.7 Å². The zero-order chi connectivity index (χ0) is 11.5. The lowest BCUT2D eigenvalue weighted by Crippen LogP contribution is -2.06. The average molecular weight is 222 g/mol. The van der Waals surface area contributed by atoms with E-state index >= 15 is 0 Å². The maximum absolute atomic E-state index is 10.6. The summed E-state index contributed by atoms with van der Waals surface area (Å²) in [5.74, 6) is -0.405. The molecule has 16 heavy (non-hydrogen) atoms. The van der Waals surface area contributed by atoms with Crippen molar-refractivity contribution in [3.05, 3.63) is 36.1 Å². The second-order valence-electron chi connectivity index (χ2n) is 3.22. The molecule has 2 heterocycles. The molecular formula is C10H10N2O4. The normalized spacial score (nSPS) is 12.3. The summed E-state index contributed by atoms with van der Waals surface area (Å²) in [6.45, 7) is 1.85. The van der Waals surface area contributed by atoms with Crippen molar-refractivity contribution in [2.45, 2.75) is 13.0 Å². The number of nitrogens with one attached hydrogen (secondary N) is 1. The van der Waals surface area contributed by atoms with Gasteiger partial charge in [-0.3, -0.25) is 0 Å². The molecule has 2 rings (SSSR count). The van der Waals surface area contributed by atoms with Crippen LogP contribution in [-0.2, 0) is 0 Å². The third-order valence-electron chi connectivity index (χ3n) is 2.03. The first-order valence-corrected chi connectivity index (χ1v) is 4.65. The van der Waals surface area contributed by atoms with E-state index in [-0.39, 0.29) is 17.8 Å². The van der Waals surface area contributed by atoms with Crippen LogP contribution in [0.5, 0.6) is 0 Å². The first kappa shape index (κ1) is 10.3. The predicted octanol–water partition coefficient (Wildman–Crippen LogP) is 2.14. The first-order chi connectivity index (χ1) is 7.66. The van der Waals surface area contributed by atoms with E-state index in [0.717, 1.165) is 12.0 Å². The Labute approximate surface area is 90.9 Å². The highest BCUT2D eigenvalue weighted by molar-refractivity contribution is 5.85. The van der Waals surface area contributed by atoms with Gasteiger partial charge in [-0.15, -0.1) is 0 Å². The van der Waals surface area contributed by atoms with Crippen molar-refractivity contribution in [2.24, 2.45) is 0 Å². The highest BCUT2D eigenvalue weighted by atomic mass is 16.4. The minimum Gasteiger partial charge on any atom is -0.476 e. The highest BCUT2D eigenvalue weighted by Crippen LogP contribution is 2.18. The number of hydrogen-bond acceptors (Lipinski definition) is 5. The number of carboxylic acids is 1. The predicted molar refractivity (Wildman–Crippen MR) is 54.2 cm³/mol. The van der Waals surface area contributed by atoms with Crippen LogP contribution in [0.4, 0.5) is 6.01 Å². The molecule has 0 fully saturated rings. The lowest BCUT2D eigenvalue weighted by Gasteiger charge is -2.07. The highest BCUT2D eigenvalue weighted by Gasteiger charge is 2.14. The molecule has 2 aromatic heterocycles. The Morgan fingerprint density at radius 2 is 2.38 bits per heavy atom. The van der Waals surface area contributed by atoms with E-state index in [2.05, 4.69) is 10.3 Å². The van der Waals surface area contributed by atoms with E-state index in [9.17, 15) is 4.79 Å². The summed E-state index contributed by atoms with van der Waals surface area (Å²) in [4.78, 5) is 14.3. The van der Waals surface area contributed by atoms with Crippen LogP contribution < -0.4 is 5.32 Å². The molecule has 0 saturated carbocycles. The van der Waals surface area contributed by atoms with Crippen molar-refractivity contribution in [2.75, 3.05) is 5.32 Å². The van der Waals surface area contributed by atoms with Crippen LogP contribution in [0, 0.1) is 0 Å². The SMILES string of the molecule is CC(Nc1nc(C(=O)O)co1)c1ccco1. The third kappa shape index (κ3) is 2.05. The first-order valence-electron chi connectivity index (χ1n) is 4.65. The van der Waals surface area contributed by atoms with E-state index in [0.29, 0.717) is 0 Å². The van der Waals surface area contributed by atoms with Gasteiger partial charge in [-0.05, 0) is 19.1 Å². The van der Waals surface area contributed by atoms with Crippen LogP contribution in [0.1, 0.15) is 29.2 Å². The van der Waals surface area contributed by atoms with Gasteiger partial charge in [-0.2, -0.15) is 4.98 Å². The summed E-state index contributed by atoms with van der Waals surface area (Å²) < 4.78 is 10.1. The number of nitrogens with zero attached hydrogens (tertiary/aromatic N) is 1. The molecule has 0 spiro atoms. The van der Waals surface area contributed by atoms with Crippen molar-refractivity contribution in [1.82, 2.24) is 4.98 Å². The Hall–Kier alpha value is -2.24. The van der Waals surface area contributed by atoms with E-state index in [1.54, 1.807) is 18.4 Å². The van der Waals surface area contributed by atoms with Gasteiger partial charge in [0.2, 0.25) is 0 Å². The number of oxazole rings is 1. The lowest BCUT2D eigenvalue weighted by molar-refractivity contribution is 0.0690. The lowest BCUT2D eigenvalue weighted by atomic mass is 10.3. The van der Waals surface area contributed by atoms with Crippen molar-refractivity contribution in [3.8, 4) is 0 Å². The van der Waals surface area contributed by atoms with Gasteiger partial charge < -0.3 is 19.3 Å². The van der Waals surface area contributed by atoms with Crippen LogP contribution in [0.25, 0.3) is 0 Å². The fourth-order valence-corrected chi connectivity index (χ4v) is 1.23. The number of anilines is 1. The van der Waals surface area contributed by atoms with Gasteiger partial charge in [-0.1, -0.05) is 0 Å². The molecule has 6 nitrogen and oxygen atoms in total. The van der Waals surface area contributed by atoms with Crippen molar-refractivity contribution in [3.63, 3.8) is 0 Å². The molecule has 0 bridgehead atoms. The number of rotatable bonds is 4. The van der Waals surface area contributed by atoms with Crippen LogP contribution >= 0.6 is 0 Å². The summed E-state index contributed by atoms with van der Waals surface area (Å²) in [6.07, 6.45) is 2.64. The Bertz CT molecular complexity index is 475. The topological polar surface area (TPSA) is 88.5 Å². The van der Waals surface area contributed by atoms with Gasteiger partial charge in [-0.25, -0.2) is 4.79 Å². The number of hydrogen-bond donors (Lipinski definition) is 2. The van der Waals surface area contributed by atoms with Crippen LogP contribution in [0.2, 0.25) is 0 Å². The molecule has 1 unspecified atom stereocenters. The second kappa shape index (κ2) is 4.09. The molecule has 0 amide bonds.